The van der Waals surface area contributed by atoms with E-state index in [1.54, 1.807) is 48.4 Å². The number of nitrogens with zero attached hydrogens (tertiary/aromatic N) is 2. The van der Waals surface area contributed by atoms with Crippen molar-refractivity contribution in [1.29, 1.82) is 0 Å². The van der Waals surface area contributed by atoms with E-state index in [4.69, 9.17) is 9.47 Å². The SMILES string of the molecule is COc1ccc(NC(=O)c2cccc(C(=O)N3CCCC3)n2)c(OC)c1. The molecule has 0 saturated carbocycles. The van der Waals surface area contributed by atoms with Gasteiger partial charge in [-0.25, -0.2) is 4.98 Å². The normalized spacial score (nSPS) is 13.4. The van der Waals surface area contributed by atoms with E-state index < -0.39 is 5.91 Å². The number of carbonyl (C=O) groups is 2. The van der Waals surface area contributed by atoms with Crippen LogP contribution in [0.4, 0.5) is 5.69 Å². The Labute approximate surface area is 151 Å². The molecule has 1 N–H and O–H groups in total. The molecule has 26 heavy (non-hydrogen) atoms. The van der Waals surface area contributed by atoms with Crippen LogP contribution in [0.25, 0.3) is 0 Å². The van der Waals surface area contributed by atoms with Crippen LogP contribution < -0.4 is 14.8 Å². The number of pyridine rings is 1. The molecule has 1 aromatic carbocycles. The third-order valence-electron chi connectivity index (χ3n) is 4.25. The zero-order valence-corrected chi connectivity index (χ0v) is 14.8. The van der Waals surface area contributed by atoms with Crippen molar-refractivity contribution in [2.75, 3.05) is 32.6 Å². The first-order valence-electron chi connectivity index (χ1n) is 8.42. The third-order valence-corrected chi connectivity index (χ3v) is 4.25. The van der Waals surface area contributed by atoms with Gasteiger partial charge in [0.1, 0.15) is 22.9 Å². The smallest absolute Gasteiger partial charge is 0.274 e. The van der Waals surface area contributed by atoms with Crippen molar-refractivity contribution in [3.8, 4) is 11.5 Å². The molecule has 7 nitrogen and oxygen atoms in total. The van der Waals surface area contributed by atoms with Gasteiger partial charge in [0.25, 0.3) is 11.8 Å². The van der Waals surface area contributed by atoms with Crippen molar-refractivity contribution in [3.63, 3.8) is 0 Å². The fourth-order valence-corrected chi connectivity index (χ4v) is 2.85. The number of ether oxygens (including phenoxy) is 2. The number of carbonyl (C=O) groups excluding carboxylic acids is 2. The van der Waals surface area contributed by atoms with Crippen LogP contribution in [0.5, 0.6) is 11.5 Å². The number of likely N-dealkylation sites (tertiary alicyclic amines) is 1. The van der Waals surface area contributed by atoms with Gasteiger partial charge in [-0.15, -0.1) is 0 Å². The summed E-state index contributed by atoms with van der Waals surface area (Å²) in [5.74, 6) is 0.543. The van der Waals surface area contributed by atoms with Gasteiger partial charge in [-0.05, 0) is 37.1 Å². The number of hydrogen-bond acceptors (Lipinski definition) is 5. The van der Waals surface area contributed by atoms with Crippen molar-refractivity contribution in [1.82, 2.24) is 9.88 Å². The molecule has 0 unspecified atom stereocenters. The van der Waals surface area contributed by atoms with E-state index >= 15 is 0 Å². The quantitative estimate of drug-likeness (QED) is 0.892. The molecule has 0 aliphatic carbocycles. The summed E-state index contributed by atoms with van der Waals surface area (Å²) in [5, 5.41) is 2.76. The average Bonchev–Trinajstić information content (AvgIpc) is 3.22. The second-order valence-corrected chi connectivity index (χ2v) is 5.93. The number of hydrogen-bond donors (Lipinski definition) is 1. The molecule has 0 radical (unpaired) electrons. The van der Waals surface area contributed by atoms with E-state index in [0.717, 1.165) is 25.9 Å². The molecule has 0 atom stereocenters. The Morgan fingerprint density at radius 2 is 1.77 bits per heavy atom. The molecule has 1 aromatic heterocycles. The lowest BCUT2D eigenvalue weighted by molar-refractivity contribution is 0.0787. The maximum absolute atomic E-state index is 12.5. The van der Waals surface area contributed by atoms with Crippen molar-refractivity contribution in [3.05, 3.63) is 47.8 Å². The van der Waals surface area contributed by atoms with Gasteiger partial charge in [0.05, 0.1) is 19.9 Å². The van der Waals surface area contributed by atoms with Crippen LogP contribution in [0.2, 0.25) is 0 Å². The number of aromatic nitrogens is 1. The zero-order valence-electron chi connectivity index (χ0n) is 14.8. The minimum absolute atomic E-state index is 0.140. The summed E-state index contributed by atoms with van der Waals surface area (Å²) < 4.78 is 10.4. The monoisotopic (exact) mass is 355 g/mol. The van der Waals surface area contributed by atoms with Crippen LogP contribution in [-0.4, -0.2) is 49.0 Å². The maximum atomic E-state index is 12.5. The van der Waals surface area contributed by atoms with Gasteiger partial charge < -0.3 is 19.7 Å². The van der Waals surface area contributed by atoms with E-state index in [9.17, 15) is 9.59 Å². The zero-order chi connectivity index (χ0) is 18.5. The predicted molar refractivity (Wildman–Crippen MR) is 96.9 cm³/mol. The van der Waals surface area contributed by atoms with Crippen molar-refractivity contribution >= 4 is 17.5 Å². The Morgan fingerprint density at radius 1 is 1.04 bits per heavy atom. The molecule has 7 heteroatoms. The molecule has 1 aliphatic heterocycles. The highest BCUT2D eigenvalue weighted by atomic mass is 16.5. The standard InChI is InChI=1S/C19H21N3O4/c1-25-13-8-9-14(17(12-13)26-2)21-18(23)15-6-5-7-16(20-15)19(24)22-10-3-4-11-22/h5-9,12H,3-4,10-11H2,1-2H3,(H,21,23). The molecule has 0 bridgehead atoms. The summed E-state index contributed by atoms with van der Waals surface area (Å²) in [6, 6.07) is 9.96. The summed E-state index contributed by atoms with van der Waals surface area (Å²) in [6.07, 6.45) is 2.01. The number of methoxy groups -OCH3 is 2. The van der Waals surface area contributed by atoms with Crippen LogP contribution in [0, 0.1) is 0 Å². The number of anilines is 1. The largest absolute Gasteiger partial charge is 0.497 e. The molecular formula is C19H21N3O4. The average molecular weight is 355 g/mol. The third kappa shape index (κ3) is 3.77. The summed E-state index contributed by atoms with van der Waals surface area (Å²) in [7, 11) is 3.07. The lowest BCUT2D eigenvalue weighted by atomic mass is 10.2. The summed E-state index contributed by atoms with van der Waals surface area (Å²) >= 11 is 0. The highest BCUT2D eigenvalue weighted by Gasteiger charge is 2.21. The molecular weight excluding hydrogens is 334 g/mol. The van der Waals surface area contributed by atoms with Crippen LogP contribution in [0.1, 0.15) is 33.8 Å². The molecule has 2 aromatic rings. The van der Waals surface area contributed by atoms with Gasteiger partial charge in [-0.3, -0.25) is 9.59 Å². The van der Waals surface area contributed by atoms with E-state index in [0.29, 0.717) is 17.2 Å². The second-order valence-electron chi connectivity index (χ2n) is 5.93. The van der Waals surface area contributed by atoms with Crippen molar-refractivity contribution in [2.45, 2.75) is 12.8 Å². The summed E-state index contributed by atoms with van der Waals surface area (Å²) in [4.78, 5) is 31.0. The van der Waals surface area contributed by atoms with Crippen LogP contribution in [-0.2, 0) is 0 Å². The number of benzene rings is 1. The fourth-order valence-electron chi connectivity index (χ4n) is 2.85. The first kappa shape index (κ1) is 17.7. The van der Waals surface area contributed by atoms with Crippen LogP contribution in [0.15, 0.2) is 36.4 Å². The lowest BCUT2D eigenvalue weighted by Gasteiger charge is -2.15. The number of amides is 2. The molecule has 2 heterocycles. The Hall–Kier alpha value is -3.09. The van der Waals surface area contributed by atoms with Gasteiger partial charge in [0.2, 0.25) is 0 Å². The van der Waals surface area contributed by atoms with Crippen molar-refractivity contribution < 1.29 is 19.1 Å². The number of nitrogens with one attached hydrogen (secondary N) is 1. The molecule has 0 spiro atoms. The van der Waals surface area contributed by atoms with Gasteiger partial charge >= 0.3 is 0 Å². The minimum atomic E-state index is -0.412. The fraction of sp³-hybridized carbons (Fsp3) is 0.316. The number of rotatable bonds is 5. The van der Waals surface area contributed by atoms with E-state index in [1.807, 2.05) is 0 Å². The molecule has 3 rings (SSSR count). The first-order chi connectivity index (χ1) is 12.6. The highest BCUT2D eigenvalue weighted by Crippen LogP contribution is 2.29. The lowest BCUT2D eigenvalue weighted by Crippen LogP contribution is -2.29. The Kier molecular flexibility index (Phi) is 5.36. The van der Waals surface area contributed by atoms with Crippen molar-refractivity contribution in [2.24, 2.45) is 0 Å². The van der Waals surface area contributed by atoms with Crippen LogP contribution >= 0.6 is 0 Å². The van der Waals surface area contributed by atoms with E-state index in [-0.39, 0.29) is 17.3 Å². The molecule has 1 fully saturated rings. The van der Waals surface area contributed by atoms with Gasteiger partial charge in [-0.1, -0.05) is 6.07 Å². The predicted octanol–water partition coefficient (Wildman–Crippen LogP) is 2.59. The van der Waals surface area contributed by atoms with Gasteiger partial charge in [0, 0.05) is 19.2 Å². The molecule has 136 valence electrons. The van der Waals surface area contributed by atoms with E-state index in [2.05, 4.69) is 10.3 Å². The first-order valence-corrected chi connectivity index (χ1v) is 8.42. The Morgan fingerprint density at radius 3 is 2.46 bits per heavy atom. The minimum Gasteiger partial charge on any atom is -0.497 e. The van der Waals surface area contributed by atoms with E-state index in [1.165, 1.54) is 7.11 Å². The summed E-state index contributed by atoms with van der Waals surface area (Å²) in [5.41, 5.74) is 0.950. The van der Waals surface area contributed by atoms with Gasteiger partial charge in [0.15, 0.2) is 0 Å². The molecule has 1 saturated heterocycles. The summed E-state index contributed by atoms with van der Waals surface area (Å²) in [6.45, 7) is 1.47. The Bertz CT molecular complexity index is 816. The topological polar surface area (TPSA) is 80.8 Å². The maximum Gasteiger partial charge on any atom is 0.274 e. The molecule has 1 aliphatic rings. The van der Waals surface area contributed by atoms with Gasteiger partial charge in [-0.2, -0.15) is 0 Å². The molecule has 2 amide bonds. The van der Waals surface area contributed by atoms with Crippen LogP contribution in [0.3, 0.4) is 0 Å². The second kappa shape index (κ2) is 7.86. The highest BCUT2D eigenvalue weighted by molar-refractivity contribution is 6.04. The Balaban J connectivity index is 1.78.